The van der Waals surface area contributed by atoms with E-state index in [4.69, 9.17) is 14.2 Å². The van der Waals surface area contributed by atoms with Crippen LogP contribution in [0.15, 0.2) is 0 Å². The van der Waals surface area contributed by atoms with Crippen molar-refractivity contribution in [2.45, 2.75) is 105 Å². The number of ether oxygens (including phenoxy) is 3. The number of ketones is 1. The van der Waals surface area contributed by atoms with Crippen LogP contribution in [0.25, 0.3) is 0 Å². The van der Waals surface area contributed by atoms with E-state index in [1.165, 1.54) is 20.8 Å². The molecule has 4 saturated carbocycles. The molecule has 0 bridgehead atoms. The van der Waals surface area contributed by atoms with E-state index in [1.54, 1.807) is 6.92 Å². The van der Waals surface area contributed by atoms with Crippen molar-refractivity contribution < 1.29 is 33.4 Å². The average Bonchev–Trinajstić information content (AvgIpc) is 3.01. The maximum absolute atomic E-state index is 12.8. The number of carbonyl (C=O) groups is 4. The number of esters is 3. The highest BCUT2D eigenvalue weighted by molar-refractivity contribution is 5.80. The molecule has 0 spiro atoms. The van der Waals surface area contributed by atoms with Crippen LogP contribution in [0.4, 0.5) is 0 Å². The lowest BCUT2D eigenvalue weighted by Gasteiger charge is -2.62. The standard InChI is InChI=1S/C27H40O7/c1-14(28)21-12-23(33-16(3)30)25-20-8-7-18-11-19(32-15(2)29)9-10-26(18,5)22(20)13-24(27(21,25)6)34-17(4)31/h18-25H,7-13H2,1-6H3/t18-,19?,20?,21?,22?,23-,24?,25?,26?,27?/m0/s1. The first-order valence-corrected chi connectivity index (χ1v) is 12.9. The predicted octanol–water partition coefficient (Wildman–Crippen LogP) is 4.25. The van der Waals surface area contributed by atoms with E-state index < -0.39 is 11.5 Å². The maximum atomic E-state index is 12.8. The van der Waals surface area contributed by atoms with Crippen molar-refractivity contribution in [1.82, 2.24) is 0 Å². The smallest absolute Gasteiger partial charge is 0.302 e. The summed E-state index contributed by atoms with van der Waals surface area (Å²) in [5.41, 5.74) is -0.536. The van der Waals surface area contributed by atoms with Gasteiger partial charge in [-0.1, -0.05) is 13.8 Å². The average molecular weight is 477 g/mol. The van der Waals surface area contributed by atoms with E-state index in [-0.39, 0.29) is 65.0 Å². The second kappa shape index (κ2) is 8.94. The summed E-state index contributed by atoms with van der Waals surface area (Å²) < 4.78 is 17.4. The summed E-state index contributed by atoms with van der Waals surface area (Å²) in [6.45, 7) is 10.4. The van der Waals surface area contributed by atoms with Gasteiger partial charge in [0.2, 0.25) is 0 Å². The highest BCUT2D eigenvalue weighted by atomic mass is 16.6. The molecule has 8 unspecified atom stereocenters. The summed E-state index contributed by atoms with van der Waals surface area (Å²) in [6, 6.07) is 0. The second-order valence-electron chi connectivity index (χ2n) is 11.8. The molecular formula is C27H40O7. The van der Waals surface area contributed by atoms with Crippen molar-refractivity contribution in [2.75, 3.05) is 0 Å². The zero-order valence-electron chi connectivity index (χ0n) is 21.4. The SMILES string of the molecule is CC(=O)OC1CCC2(C)C3CC(OC(C)=O)C4(C)C(C(C)=O)C[C@H](OC(C)=O)C4C3CC[C@H]2C1. The van der Waals surface area contributed by atoms with Gasteiger partial charge < -0.3 is 14.2 Å². The van der Waals surface area contributed by atoms with Crippen molar-refractivity contribution in [3.63, 3.8) is 0 Å². The summed E-state index contributed by atoms with van der Waals surface area (Å²) in [4.78, 5) is 48.6. The summed E-state index contributed by atoms with van der Waals surface area (Å²) >= 11 is 0. The van der Waals surface area contributed by atoms with Crippen molar-refractivity contribution in [3.05, 3.63) is 0 Å². The van der Waals surface area contributed by atoms with Crippen molar-refractivity contribution in [1.29, 1.82) is 0 Å². The number of rotatable bonds is 4. The van der Waals surface area contributed by atoms with Crippen LogP contribution in [-0.4, -0.2) is 42.0 Å². The molecule has 7 nitrogen and oxygen atoms in total. The van der Waals surface area contributed by atoms with Crippen LogP contribution >= 0.6 is 0 Å². The Balaban J connectivity index is 1.72. The molecule has 0 amide bonds. The quantitative estimate of drug-likeness (QED) is 0.442. The molecule has 7 heteroatoms. The molecule has 34 heavy (non-hydrogen) atoms. The van der Waals surface area contributed by atoms with E-state index >= 15 is 0 Å². The Hall–Kier alpha value is -1.92. The van der Waals surface area contributed by atoms with Crippen molar-refractivity contribution in [2.24, 2.45) is 40.4 Å². The third kappa shape index (κ3) is 4.07. The van der Waals surface area contributed by atoms with Crippen molar-refractivity contribution in [3.8, 4) is 0 Å². The molecule has 4 rings (SSSR count). The minimum atomic E-state index is -0.559. The van der Waals surface area contributed by atoms with Gasteiger partial charge in [-0.15, -0.1) is 0 Å². The zero-order valence-corrected chi connectivity index (χ0v) is 21.4. The van der Waals surface area contributed by atoms with Crippen molar-refractivity contribution >= 4 is 23.7 Å². The van der Waals surface area contributed by atoms with Gasteiger partial charge in [-0.05, 0) is 75.0 Å². The Morgan fingerprint density at radius 3 is 2.00 bits per heavy atom. The van der Waals surface area contributed by atoms with Crippen LogP contribution in [0.2, 0.25) is 0 Å². The Kier molecular flexibility index (Phi) is 6.62. The van der Waals surface area contributed by atoms with Crippen LogP contribution in [-0.2, 0) is 33.4 Å². The fourth-order valence-corrected chi connectivity index (χ4v) is 8.86. The topological polar surface area (TPSA) is 96.0 Å². The van der Waals surface area contributed by atoms with E-state index in [0.717, 1.165) is 38.5 Å². The van der Waals surface area contributed by atoms with Crippen LogP contribution in [0.1, 0.15) is 86.5 Å². The molecule has 10 atom stereocenters. The summed E-state index contributed by atoms with van der Waals surface area (Å²) in [5, 5.41) is 0. The molecule has 0 aromatic carbocycles. The minimum Gasteiger partial charge on any atom is -0.463 e. The van der Waals surface area contributed by atoms with Crippen LogP contribution in [0.3, 0.4) is 0 Å². The lowest BCUT2D eigenvalue weighted by atomic mass is 9.43. The number of carbonyl (C=O) groups excluding carboxylic acids is 4. The number of hydrogen-bond acceptors (Lipinski definition) is 7. The van der Waals surface area contributed by atoms with Gasteiger partial charge in [0, 0.05) is 38.0 Å². The minimum absolute atomic E-state index is 0.0222. The first kappa shape index (κ1) is 25.2. The lowest BCUT2D eigenvalue weighted by molar-refractivity contribution is -0.205. The van der Waals surface area contributed by atoms with Crippen LogP contribution in [0, 0.1) is 40.4 Å². The van der Waals surface area contributed by atoms with E-state index in [9.17, 15) is 19.2 Å². The Labute approximate surface area is 202 Å². The highest BCUT2D eigenvalue weighted by Gasteiger charge is 2.68. The first-order valence-electron chi connectivity index (χ1n) is 12.9. The molecule has 190 valence electrons. The second-order valence-corrected chi connectivity index (χ2v) is 11.8. The third-order valence-electron chi connectivity index (χ3n) is 10.1. The Morgan fingerprint density at radius 2 is 1.41 bits per heavy atom. The lowest BCUT2D eigenvalue weighted by Crippen LogP contribution is -2.61. The fraction of sp³-hybridized carbons (Fsp3) is 0.852. The summed E-state index contributed by atoms with van der Waals surface area (Å²) in [6.07, 6.45) is 5.08. The number of Topliss-reactive ketones (excluding diaryl/α,β-unsaturated/α-hetero) is 1. The van der Waals surface area contributed by atoms with E-state index in [1.807, 2.05) is 0 Å². The molecule has 0 radical (unpaired) electrons. The molecule has 0 heterocycles. The highest BCUT2D eigenvalue weighted by Crippen LogP contribution is 2.68. The Morgan fingerprint density at radius 1 is 0.765 bits per heavy atom. The molecule has 4 fully saturated rings. The van der Waals surface area contributed by atoms with Gasteiger partial charge in [-0.2, -0.15) is 0 Å². The first-order chi connectivity index (χ1) is 15.9. The number of fused-ring (bicyclic) bond motifs is 5. The van der Waals surface area contributed by atoms with Gasteiger partial charge >= 0.3 is 17.9 Å². The van der Waals surface area contributed by atoms with E-state index in [2.05, 4.69) is 13.8 Å². The molecule has 0 aliphatic heterocycles. The fourth-order valence-electron chi connectivity index (χ4n) is 8.86. The Bertz CT molecular complexity index is 867. The molecule has 0 aromatic rings. The van der Waals surface area contributed by atoms with Gasteiger partial charge in [-0.3, -0.25) is 19.2 Å². The zero-order chi connectivity index (χ0) is 25.0. The molecular weight excluding hydrogens is 436 g/mol. The predicted molar refractivity (Wildman–Crippen MR) is 123 cm³/mol. The van der Waals surface area contributed by atoms with Crippen LogP contribution < -0.4 is 0 Å². The summed E-state index contributed by atoms with van der Waals surface area (Å²) in [5.74, 6) is -0.160. The van der Waals surface area contributed by atoms with Crippen LogP contribution in [0.5, 0.6) is 0 Å². The largest absolute Gasteiger partial charge is 0.463 e. The van der Waals surface area contributed by atoms with Gasteiger partial charge in [0.05, 0.1) is 0 Å². The van der Waals surface area contributed by atoms with Gasteiger partial charge in [0.25, 0.3) is 0 Å². The molecule has 4 aliphatic carbocycles. The summed E-state index contributed by atoms with van der Waals surface area (Å²) in [7, 11) is 0. The van der Waals surface area contributed by atoms with E-state index in [0.29, 0.717) is 12.3 Å². The third-order valence-corrected chi connectivity index (χ3v) is 10.1. The maximum Gasteiger partial charge on any atom is 0.302 e. The molecule has 0 aromatic heterocycles. The monoisotopic (exact) mass is 476 g/mol. The number of hydrogen-bond donors (Lipinski definition) is 0. The molecule has 0 N–H and O–H groups in total. The molecule has 0 saturated heterocycles. The van der Waals surface area contributed by atoms with Gasteiger partial charge in [-0.25, -0.2) is 0 Å². The normalized spacial score (nSPS) is 45.2. The molecule has 4 aliphatic rings. The van der Waals surface area contributed by atoms with Gasteiger partial charge in [0.1, 0.15) is 24.1 Å². The van der Waals surface area contributed by atoms with Gasteiger partial charge in [0.15, 0.2) is 0 Å².